The lowest BCUT2D eigenvalue weighted by Gasteiger charge is -2.09. The van der Waals surface area contributed by atoms with Gasteiger partial charge in [-0.1, -0.05) is 82.7 Å². The Morgan fingerprint density at radius 3 is 1.68 bits per heavy atom. The number of hydrogen-bond acceptors (Lipinski definition) is 0. The van der Waals surface area contributed by atoms with Crippen LogP contribution in [0.5, 0.6) is 0 Å². The summed E-state index contributed by atoms with van der Waals surface area (Å²) in [7, 11) is 0. The molecule has 2 heteroatoms. The van der Waals surface area contributed by atoms with E-state index in [1.54, 1.807) is 0 Å². The summed E-state index contributed by atoms with van der Waals surface area (Å²) in [5, 5.41) is 7.80. The van der Waals surface area contributed by atoms with Crippen LogP contribution in [-0.2, 0) is 0 Å². The van der Waals surface area contributed by atoms with Gasteiger partial charge in [0.1, 0.15) is 0 Å². The van der Waals surface area contributed by atoms with E-state index in [-0.39, 0.29) is 0 Å². The molecule has 0 bridgehead atoms. The highest BCUT2D eigenvalue weighted by Crippen LogP contribution is 2.40. The lowest BCUT2D eigenvalue weighted by molar-refractivity contribution is 1.18. The first kappa shape index (κ1) is 15.9. The molecular formula is C26H16BrN. The highest BCUT2D eigenvalue weighted by molar-refractivity contribution is 9.10. The molecule has 0 atom stereocenters. The van der Waals surface area contributed by atoms with Crippen LogP contribution in [-0.4, -0.2) is 4.57 Å². The van der Waals surface area contributed by atoms with Gasteiger partial charge in [0, 0.05) is 20.9 Å². The van der Waals surface area contributed by atoms with Crippen molar-refractivity contribution in [1.29, 1.82) is 0 Å². The monoisotopic (exact) mass is 421 g/mol. The quantitative estimate of drug-likeness (QED) is 0.254. The fourth-order valence-corrected chi connectivity index (χ4v) is 4.83. The van der Waals surface area contributed by atoms with E-state index < -0.39 is 0 Å². The van der Waals surface area contributed by atoms with Crippen molar-refractivity contribution in [1.82, 2.24) is 4.57 Å². The van der Waals surface area contributed by atoms with Crippen molar-refractivity contribution in [2.45, 2.75) is 0 Å². The molecule has 1 nitrogen and oxygen atoms in total. The van der Waals surface area contributed by atoms with Gasteiger partial charge in [-0.2, -0.15) is 0 Å². The highest BCUT2D eigenvalue weighted by Gasteiger charge is 2.16. The molecule has 0 radical (unpaired) electrons. The molecule has 5 aromatic carbocycles. The predicted octanol–water partition coefficient (Wildman–Crippen LogP) is 7.85. The third-order valence-corrected chi connectivity index (χ3v) is 6.11. The van der Waals surface area contributed by atoms with Gasteiger partial charge in [0.2, 0.25) is 0 Å². The van der Waals surface area contributed by atoms with E-state index in [0.717, 1.165) is 4.47 Å². The van der Waals surface area contributed by atoms with Crippen LogP contribution in [0.4, 0.5) is 0 Å². The van der Waals surface area contributed by atoms with E-state index in [0.29, 0.717) is 0 Å². The van der Waals surface area contributed by atoms with E-state index in [2.05, 4.69) is 118 Å². The molecule has 0 aliphatic rings. The maximum absolute atomic E-state index is 3.64. The van der Waals surface area contributed by atoms with Crippen LogP contribution in [0.15, 0.2) is 102 Å². The molecule has 0 aliphatic heterocycles. The van der Waals surface area contributed by atoms with Gasteiger partial charge < -0.3 is 4.57 Å². The van der Waals surface area contributed by atoms with Crippen molar-refractivity contribution in [2.24, 2.45) is 0 Å². The first-order valence-electron chi connectivity index (χ1n) is 9.41. The molecule has 132 valence electrons. The van der Waals surface area contributed by atoms with Crippen LogP contribution in [0.3, 0.4) is 0 Å². The molecule has 0 unspecified atom stereocenters. The minimum absolute atomic E-state index is 1.08. The van der Waals surface area contributed by atoms with E-state index in [1.807, 2.05) is 0 Å². The molecule has 0 saturated heterocycles. The minimum atomic E-state index is 1.08. The van der Waals surface area contributed by atoms with E-state index in [1.165, 1.54) is 49.0 Å². The Hall–Kier alpha value is -3.10. The van der Waals surface area contributed by atoms with Crippen molar-refractivity contribution in [2.75, 3.05) is 0 Å². The molecule has 0 amide bonds. The fraction of sp³-hybridized carbons (Fsp3) is 0. The SMILES string of the molecule is Brc1cccc(-n2c3ccc4ccccc4c3c3c4ccccc4ccc32)c1. The zero-order valence-corrected chi connectivity index (χ0v) is 16.6. The van der Waals surface area contributed by atoms with Crippen LogP contribution in [0, 0.1) is 0 Å². The summed E-state index contributed by atoms with van der Waals surface area (Å²) in [6, 6.07) is 34.9. The number of nitrogens with zero attached hydrogens (tertiary/aromatic N) is 1. The van der Waals surface area contributed by atoms with Gasteiger partial charge in [-0.15, -0.1) is 0 Å². The molecule has 0 aliphatic carbocycles. The summed E-state index contributed by atoms with van der Waals surface area (Å²) >= 11 is 3.64. The summed E-state index contributed by atoms with van der Waals surface area (Å²) in [5.74, 6) is 0. The van der Waals surface area contributed by atoms with Crippen molar-refractivity contribution in [3.05, 3.63) is 102 Å². The maximum atomic E-state index is 3.64. The highest BCUT2D eigenvalue weighted by atomic mass is 79.9. The zero-order valence-electron chi connectivity index (χ0n) is 15.1. The summed E-state index contributed by atoms with van der Waals surface area (Å²) in [6.45, 7) is 0. The second-order valence-electron chi connectivity index (χ2n) is 7.18. The molecule has 0 saturated carbocycles. The van der Waals surface area contributed by atoms with Crippen LogP contribution in [0.1, 0.15) is 0 Å². The van der Waals surface area contributed by atoms with Crippen LogP contribution >= 0.6 is 15.9 Å². The standard InChI is InChI=1S/C26H16BrN/c27-19-8-5-9-20(16-19)28-23-14-12-17-6-1-3-10-21(17)25(23)26-22-11-4-2-7-18(22)13-15-24(26)28/h1-16H. The first-order chi connectivity index (χ1) is 13.8. The minimum Gasteiger partial charge on any atom is -0.309 e. The first-order valence-corrected chi connectivity index (χ1v) is 10.2. The van der Waals surface area contributed by atoms with Crippen LogP contribution < -0.4 is 0 Å². The summed E-state index contributed by atoms with van der Waals surface area (Å²) in [4.78, 5) is 0. The number of rotatable bonds is 1. The van der Waals surface area contributed by atoms with Gasteiger partial charge in [-0.05, 0) is 51.9 Å². The maximum Gasteiger partial charge on any atom is 0.0547 e. The summed E-state index contributed by atoms with van der Waals surface area (Å²) < 4.78 is 3.47. The van der Waals surface area contributed by atoms with Gasteiger partial charge >= 0.3 is 0 Å². The third-order valence-electron chi connectivity index (χ3n) is 5.61. The largest absolute Gasteiger partial charge is 0.309 e. The Kier molecular flexibility index (Phi) is 3.38. The Morgan fingerprint density at radius 1 is 0.536 bits per heavy atom. The average molecular weight is 422 g/mol. The van der Waals surface area contributed by atoms with Crippen LogP contribution in [0.2, 0.25) is 0 Å². The summed E-state index contributed by atoms with van der Waals surface area (Å²) in [5.41, 5.74) is 3.64. The fourth-order valence-electron chi connectivity index (χ4n) is 4.44. The van der Waals surface area contributed by atoms with Gasteiger partial charge in [0.15, 0.2) is 0 Å². The van der Waals surface area contributed by atoms with Gasteiger partial charge in [-0.3, -0.25) is 0 Å². The molecule has 0 N–H and O–H groups in total. The number of halogens is 1. The van der Waals surface area contributed by atoms with Gasteiger partial charge in [-0.25, -0.2) is 0 Å². The molecule has 28 heavy (non-hydrogen) atoms. The van der Waals surface area contributed by atoms with E-state index >= 15 is 0 Å². The third kappa shape index (κ3) is 2.18. The Morgan fingerprint density at radius 2 is 1.11 bits per heavy atom. The number of hydrogen-bond donors (Lipinski definition) is 0. The molecule has 6 rings (SSSR count). The van der Waals surface area contributed by atoms with Crippen molar-refractivity contribution in [3.8, 4) is 5.69 Å². The van der Waals surface area contributed by atoms with Crippen molar-refractivity contribution >= 4 is 59.3 Å². The van der Waals surface area contributed by atoms with E-state index in [9.17, 15) is 0 Å². The summed E-state index contributed by atoms with van der Waals surface area (Å²) in [6.07, 6.45) is 0. The predicted molar refractivity (Wildman–Crippen MR) is 123 cm³/mol. The molecule has 1 aromatic heterocycles. The van der Waals surface area contributed by atoms with Gasteiger partial charge in [0.05, 0.1) is 11.0 Å². The number of aromatic nitrogens is 1. The zero-order chi connectivity index (χ0) is 18.7. The van der Waals surface area contributed by atoms with Crippen LogP contribution in [0.25, 0.3) is 49.0 Å². The Labute approximate surface area is 171 Å². The van der Waals surface area contributed by atoms with Gasteiger partial charge in [0.25, 0.3) is 0 Å². The van der Waals surface area contributed by atoms with Crippen molar-refractivity contribution < 1.29 is 0 Å². The van der Waals surface area contributed by atoms with Crippen molar-refractivity contribution in [3.63, 3.8) is 0 Å². The number of benzene rings is 5. The number of fused-ring (bicyclic) bond motifs is 7. The Balaban J connectivity index is 1.94. The second kappa shape index (κ2) is 5.95. The normalized spacial score (nSPS) is 11.8. The second-order valence-corrected chi connectivity index (χ2v) is 8.09. The van der Waals surface area contributed by atoms with E-state index in [4.69, 9.17) is 0 Å². The average Bonchev–Trinajstić information content (AvgIpc) is 3.09. The smallest absolute Gasteiger partial charge is 0.0547 e. The lowest BCUT2D eigenvalue weighted by atomic mass is 10.00. The molecule has 0 fully saturated rings. The molecule has 0 spiro atoms. The molecule has 6 aromatic rings. The topological polar surface area (TPSA) is 4.93 Å². The molecular weight excluding hydrogens is 406 g/mol. The lowest BCUT2D eigenvalue weighted by Crippen LogP contribution is -1.93. The Bertz CT molecular complexity index is 1430. The molecule has 1 heterocycles.